The first-order chi connectivity index (χ1) is 8.16. The van der Waals surface area contributed by atoms with Crippen LogP contribution in [0.3, 0.4) is 0 Å². The molecule has 0 spiro atoms. The molecular weight excluding hydrogens is 236 g/mol. The summed E-state index contributed by atoms with van der Waals surface area (Å²) in [5.74, 6) is 0.690. The maximum atomic E-state index is 10.8. The van der Waals surface area contributed by atoms with Crippen LogP contribution in [0.1, 0.15) is 54.0 Å². The first-order valence-electron chi connectivity index (χ1n) is 6.11. The Bertz CT molecular complexity index is 391. The Morgan fingerprint density at radius 1 is 1.47 bits per heavy atom. The van der Waals surface area contributed by atoms with Crippen molar-refractivity contribution in [1.29, 1.82) is 0 Å². The molecule has 0 aromatic carbocycles. The van der Waals surface area contributed by atoms with E-state index in [4.69, 9.17) is 9.52 Å². The van der Waals surface area contributed by atoms with E-state index in [1.54, 1.807) is 6.92 Å². The van der Waals surface area contributed by atoms with Crippen molar-refractivity contribution in [2.45, 2.75) is 50.0 Å². The third-order valence-corrected chi connectivity index (χ3v) is 4.57. The van der Waals surface area contributed by atoms with Crippen LogP contribution in [0.15, 0.2) is 10.5 Å². The molecule has 0 aliphatic heterocycles. The van der Waals surface area contributed by atoms with E-state index in [1.165, 1.54) is 32.1 Å². The predicted octanol–water partition coefficient (Wildman–Crippen LogP) is 3.85. The van der Waals surface area contributed by atoms with E-state index in [0.717, 1.165) is 22.3 Å². The molecule has 1 aromatic rings. The lowest BCUT2D eigenvalue weighted by Crippen LogP contribution is -2.07. The minimum absolute atomic E-state index is 0.0873. The highest BCUT2D eigenvalue weighted by Crippen LogP contribution is 2.31. The second-order valence-corrected chi connectivity index (χ2v) is 5.89. The fourth-order valence-corrected chi connectivity index (χ4v) is 3.47. The van der Waals surface area contributed by atoms with Crippen LogP contribution in [0.2, 0.25) is 0 Å². The number of aromatic carboxylic acids is 1. The highest BCUT2D eigenvalue weighted by molar-refractivity contribution is 7.99. The molecule has 94 valence electrons. The van der Waals surface area contributed by atoms with Crippen LogP contribution in [-0.4, -0.2) is 16.3 Å². The molecule has 0 radical (unpaired) electrons. The molecule has 0 atom stereocenters. The van der Waals surface area contributed by atoms with Crippen molar-refractivity contribution in [2.24, 2.45) is 0 Å². The zero-order valence-electron chi connectivity index (χ0n) is 10.1. The number of aryl methyl sites for hydroxylation is 1. The fourth-order valence-electron chi connectivity index (χ4n) is 2.26. The summed E-state index contributed by atoms with van der Waals surface area (Å²) in [6.45, 7) is 1.78. The van der Waals surface area contributed by atoms with Crippen molar-refractivity contribution in [3.8, 4) is 0 Å². The first-order valence-corrected chi connectivity index (χ1v) is 7.16. The lowest BCUT2D eigenvalue weighted by atomic mass is 10.0. The zero-order valence-corrected chi connectivity index (χ0v) is 10.9. The summed E-state index contributed by atoms with van der Waals surface area (Å²) in [4.78, 5) is 10.8. The van der Waals surface area contributed by atoms with Gasteiger partial charge in [0.2, 0.25) is 5.76 Å². The lowest BCUT2D eigenvalue weighted by molar-refractivity contribution is 0.0659. The topological polar surface area (TPSA) is 50.4 Å². The number of hydrogen-bond donors (Lipinski definition) is 1. The second-order valence-electron chi connectivity index (χ2n) is 4.60. The number of carbonyl (C=O) groups is 1. The third-order valence-electron chi connectivity index (χ3n) is 3.18. The van der Waals surface area contributed by atoms with Crippen LogP contribution in [0.4, 0.5) is 0 Å². The molecule has 0 saturated heterocycles. The van der Waals surface area contributed by atoms with Gasteiger partial charge in [-0.05, 0) is 25.8 Å². The van der Waals surface area contributed by atoms with Crippen LogP contribution in [-0.2, 0) is 5.75 Å². The Kier molecular flexibility index (Phi) is 4.15. The summed E-state index contributed by atoms with van der Waals surface area (Å²) < 4.78 is 5.35. The second kappa shape index (κ2) is 5.63. The van der Waals surface area contributed by atoms with Crippen molar-refractivity contribution >= 4 is 17.7 Å². The monoisotopic (exact) mass is 254 g/mol. The molecule has 1 aromatic heterocycles. The Morgan fingerprint density at radius 2 is 2.18 bits per heavy atom. The van der Waals surface area contributed by atoms with Gasteiger partial charge in [-0.25, -0.2) is 4.79 Å². The number of furan rings is 1. The predicted molar refractivity (Wildman–Crippen MR) is 68.6 cm³/mol. The molecule has 2 rings (SSSR count). The van der Waals surface area contributed by atoms with Crippen molar-refractivity contribution < 1.29 is 14.3 Å². The molecule has 1 saturated carbocycles. The number of thioether (sulfide) groups is 1. The Balaban J connectivity index is 1.90. The molecule has 4 heteroatoms. The van der Waals surface area contributed by atoms with E-state index in [-0.39, 0.29) is 5.76 Å². The van der Waals surface area contributed by atoms with Crippen LogP contribution in [0.25, 0.3) is 0 Å². The smallest absolute Gasteiger partial charge is 0.372 e. The van der Waals surface area contributed by atoms with E-state index < -0.39 is 5.97 Å². The highest BCUT2D eigenvalue weighted by Gasteiger charge is 2.17. The fraction of sp³-hybridized carbons (Fsp3) is 0.615. The van der Waals surface area contributed by atoms with Gasteiger partial charge in [-0.2, -0.15) is 11.8 Å². The van der Waals surface area contributed by atoms with Crippen LogP contribution >= 0.6 is 11.8 Å². The molecule has 1 heterocycles. The van der Waals surface area contributed by atoms with Gasteiger partial charge in [0, 0.05) is 10.8 Å². The number of rotatable bonds is 4. The van der Waals surface area contributed by atoms with Crippen molar-refractivity contribution in [2.75, 3.05) is 0 Å². The average molecular weight is 254 g/mol. The maximum absolute atomic E-state index is 10.8. The summed E-state index contributed by atoms with van der Waals surface area (Å²) in [5, 5.41) is 9.62. The van der Waals surface area contributed by atoms with Gasteiger partial charge >= 0.3 is 5.97 Å². The number of hydrogen-bond acceptors (Lipinski definition) is 3. The lowest BCUT2D eigenvalue weighted by Gasteiger charge is -2.20. The Labute approximate surface area is 106 Å². The molecule has 1 aliphatic carbocycles. The average Bonchev–Trinajstić information content (AvgIpc) is 2.69. The normalized spacial score (nSPS) is 17.2. The molecule has 1 fully saturated rings. The van der Waals surface area contributed by atoms with Crippen molar-refractivity contribution in [3.63, 3.8) is 0 Å². The van der Waals surface area contributed by atoms with E-state index in [0.29, 0.717) is 0 Å². The van der Waals surface area contributed by atoms with Crippen molar-refractivity contribution in [1.82, 2.24) is 0 Å². The summed E-state index contributed by atoms with van der Waals surface area (Å²) in [6.07, 6.45) is 6.59. The molecular formula is C13H18O3S. The largest absolute Gasteiger partial charge is 0.475 e. The standard InChI is InChI=1S/C13H18O3S/c1-9-7-10(16-12(9)13(14)15)8-17-11-5-3-2-4-6-11/h7,11H,2-6,8H2,1H3,(H,14,15). The van der Waals surface area contributed by atoms with Gasteiger partial charge in [0.15, 0.2) is 0 Å². The van der Waals surface area contributed by atoms with Crippen LogP contribution < -0.4 is 0 Å². The third kappa shape index (κ3) is 3.28. The highest BCUT2D eigenvalue weighted by atomic mass is 32.2. The SMILES string of the molecule is Cc1cc(CSC2CCCCC2)oc1C(=O)O. The van der Waals surface area contributed by atoms with Crippen LogP contribution in [0, 0.1) is 6.92 Å². The number of carboxylic acid groups (broad SMARTS) is 1. The van der Waals surface area contributed by atoms with E-state index in [9.17, 15) is 4.79 Å². The molecule has 0 amide bonds. The summed E-state index contributed by atoms with van der Waals surface area (Å²) in [5.41, 5.74) is 0.719. The summed E-state index contributed by atoms with van der Waals surface area (Å²) >= 11 is 1.90. The molecule has 1 N–H and O–H groups in total. The van der Waals surface area contributed by atoms with E-state index in [2.05, 4.69) is 0 Å². The van der Waals surface area contributed by atoms with E-state index in [1.807, 2.05) is 17.8 Å². The van der Waals surface area contributed by atoms with Gasteiger partial charge in [0.25, 0.3) is 0 Å². The summed E-state index contributed by atoms with van der Waals surface area (Å²) in [7, 11) is 0. The molecule has 3 nitrogen and oxygen atoms in total. The molecule has 0 bridgehead atoms. The Hall–Kier alpha value is -0.900. The minimum atomic E-state index is -0.976. The molecule has 1 aliphatic rings. The summed E-state index contributed by atoms with van der Waals surface area (Å²) in [6, 6.07) is 1.85. The van der Waals surface area contributed by atoms with Crippen molar-refractivity contribution in [3.05, 3.63) is 23.2 Å². The Morgan fingerprint density at radius 3 is 2.76 bits per heavy atom. The van der Waals surface area contributed by atoms with Gasteiger partial charge in [-0.3, -0.25) is 0 Å². The van der Waals surface area contributed by atoms with E-state index >= 15 is 0 Å². The van der Waals surface area contributed by atoms with Gasteiger partial charge < -0.3 is 9.52 Å². The van der Waals surface area contributed by atoms with Gasteiger partial charge in [0.1, 0.15) is 5.76 Å². The van der Waals surface area contributed by atoms with Gasteiger partial charge in [0.05, 0.1) is 5.75 Å². The van der Waals surface area contributed by atoms with Gasteiger partial charge in [-0.1, -0.05) is 19.3 Å². The molecule has 0 unspecified atom stereocenters. The maximum Gasteiger partial charge on any atom is 0.372 e. The zero-order chi connectivity index (χ0) is 12.3. The quantitative estimate of drug-likeness (QED) is 0.886. The number of carboxylic acids is 1. The first kappa shape index (κ1) is 12.6. The minimum Gasteiger partial charge on any atom is -0.475 e. The van der Waals surface area contributed by atoms with Gasteiger partial charge in [-0.15, -0.1) is 0 Å². The van der Waals surface area contributed by atoms with Crippen LogP contribution in [0.5, 0.6) is 0 Å². The molecule has 17 heavy (non-hydrogen) atoms.